The van der Waals surface area contributed by atoms with E-state index in [1.807, 2.05) is 0 Å². The van der Waals surface area contributed by atoms with Gasteiger partial charge in [0.15, 0.2) is 5.78 Å². The number of hydrogen-bond acceptors (Lipinski definition) is 7. The van der Waals surface area contributed by atoms with Gasteiger partial charge in [-0.3, -0.25) is 14.2 Å². The fourth-order valence-corrected chi connectivity index (χ4v) is 4.69. The topological polar surface area (TPSA) is 106 Å². The van der Waals surface area contributed by atoms with Crippen molar-refractivity contribution in [2.75, 3.05) is 18.5 Å². The van der Waals surface area contributed by atoms with Crippen LogP contribution in [0.1, 0.15) is 61.5 Å². The number of fused-ring (bicyclic) bond motifs is 1. The Bertz CT molecular complexity index is 1000. The zero-order valence-electron chi connectivity index (χ0n) is 17.1. The van der Waals surface area contributed by atoms with E-state index in [2.05, 4.69) is 22.2 Å². The Kier molecular flexibility index (Phi) is 5.40. The summed E-state index contributed by atoms with van der Waals surface area (Å²) in [5.74, 6) is 0.473. The van der Waals surface area contributed by atoms with Gasteiger partial charge in [-0.2, -0.15) is 4.98 Å². The molecule has 2 fully saturated rings. The normalized spacial score (nSPS) is 27.3. The molecule has 0 amide bonds. The van der Waals surface area contributed by atoms with Crippen LogP contribution in [0.15, 0.2) is 11.0 Å². The number of Topliss-reactive ketones (excluding diaryl/α,β-unsaturated/α-hetero) is 1. The van der Waals surface area contributed by atoms with Crippen molar-refractivity contribution < 1.29 is 14.6 Å². The minimum atomic E-state index is -0.637. The Morgan fingerprint density at radius 3 is 2.79 bits per heavy atom. The van der Waals surface area contributed by atoms with Gasteiger partial charge in [-0.05, 0) is 44.6 Å². The van der Waals surface area contributed by atoms with E-state index in [9.17, 15) is 14.7 Å². The number of ether oxygens (including phenoxy) is 1. The van der Waals surface area contributed by atoms with Crippen LogP contribution in [-0.2, 0) is 4.74 Å². The summed E-state index contributed by atoms with van der Waals surface area (Å²) in [7, 11) is 0. The summed E-state index contributed by atoms with van der Waals surface area (Å²) in [4.78, 5) is 34.7. The third kappa shape index (κ3) is 3.55. The molecular formula is C21H28N4O4. The largest absolute Gasteiger partial charge is 0.389 e. The van der Waals surface area contributed by atoms with Crippen molar-refractivity contribution >= 4 is 22.8 Å². The van der Waals surface area contributed by atoms with Gasteiger partial charge in [0.25, 0.3) is 5.56 Å². The lowest BCUT2D eigenvalue weighted by molar-refractivity contribution is -0.0136. The molecule has 0 aromatic carbocycles. The molecule has 2 aromatic rings. The van der Waals surface area contributed by atoms with Crippen molar-refractivity contribution in [2.45, 2.75) is 64.6 Å². The van der Waals surface area contributed by atoms with E-state index >= 15 is 0 Å². The van der Waals surface area contributed by atoms with Crippen molar-refractivity contribution in [1.82, 2.24) is 14.5 Å². The Balaban J connectivity index is 1.86. The average Bonchev–Trinajstić information content (AvgIpc) is 3.09. The molecule has 2 N–H and O–H groups in total. The first-order valence-corrected chi connectivity index (χ1v) is 10.3. The number of aromatic nitrogens is 3. The van der Waals surface area contributed by atoms with E-state index in [0.29, 0.717) is 41.5 Å². The minimum Gasteiger partial charge on any atom is -0.389 e. The monoisotopic (exact) mass is 400 g/mol. The first kappa shape index (κ1) is 20.0. The number of hydrogen-bond donors (Lipinski definition) is 2. The van der Waals surface area contributed by atoms with Gasteiger partial charge in [-0.1, -0.05) is 13.3 Å². The summed E-state index contributed by atoms with van der Waals surface area (Å²) in [5.41, 5.74) is 1.13. The highest BCUT2D eigenvalue weighted by molar-refractivity contribution is 5.99. The Hall–Kier alpha value is -2.32. The first-order valence-electron chi connectivity index (χ1n) is 10.3. The highest BCUT2D eigenvalue weighted by Crippen LogP contribution is 2.36. The Labute approximate surface area is 169 Å². The maximum atomic E-state index is 13.3. The molecule has 8 heteroatoms. The predicted molar refractivity (Wildman–Crippen MR) is 109 cm³/mol. The first-order chi connectivity index (χ1) is 13.9. The van der Waals surface area contributed by atoms with Crippen molar-refractivity contribution in [2.24, 2.45) is 5.92 Å². The molecule has 0 radical (unpaired) electrons. The highest BCUT2D eigenvalue weighted by Gasteiger charge is 2.31. The number of nitrogens with one attached hydrogen (secondary N) is 1. The molecule has 1 saturated heterocycles. The summed E-state index contributed by atoms with van der Waals surface area (Å²) in [6, 6.07) is -0.190. The molecule has 0 spiro atoms. The standard InChI is InChI=1S/C21H28N4O4/c1-11-5-4-6-16(11)25-19-14(12(2)18(13(3)26)20(25)28)9-22-21(24-19)23-15-7-8-29-10-17(15)27/h9,11,15-17,27H,4-8,10H2,1-3H3,(H,22,23,24)/t11-,15+,16-,17+/m1/s1. The predicted octanol–water partition coefficient (Wildman–Crippen LogP) is 2.23. The maximum absolute atomic E-state index is 13.3. The fraction of sp³-hybridized carbons (Fsp3) is 0.619. The quantitative estimate of drug-likeness (QED) is 0.758. The molecular weight excluding hydrogens is 372 g/mol. The van der Waals surface area contributed by atoms with E-state index in [1.165, 1.54) is 6.92 Å². The number of ketones is 1. The number of nitrogens with zero attached hydrogens (tertiary/aromatic N) is 3. The molecule has 2 aromatic heterocycles. The van der Waals surface area contributed by atoms with E-state index in [-0.39, 0.29) is 35.6 Å². The van der Waals surface area contributed by atoms with Crippen LogP contribution >= 0.6 is 0 Å². The highest BCUT2D eigenvalue weighted by atomic mass is 16.5. The molecule has 3 heterocycles. The average molecular weight is 400 g/mol. The van der Waals surface area contributed by atoms with Crippen LogP contribution in [0.4, 0.5) is 5.95 Å². The zero-order valence-corrected chi connectivity index (χ0v) is 17.1. The van der Waals surface area contributed by atoms with Crippen LogP contribution in [0, 0.1) is 12.8 Å². The van der Waals surface area contributed by atoms with Gasteiger partial charge in [0, 0.05) is 24.2 Å². The van der Waals surface area contributed by atoms with Crippen molar-refractivity contribution in [3.8, 4) is 0 Å². The molecule has 1 aliphatic carbocycles. The molecule has 0 unspecified atom stereocenters. The number of aryl methyl sites for hydroxylation is 1. The van der Waals surface area contributed by atoms with Crippen LogP contribution in [0.5, 0.6) is 0 Å². The Morgan fingerprint density at radius 2 is 2.14 bits per heavy atom. The van der Waals surface area contributed by atoms with Gasteiger partial charge in [-0.25, -0.2) is 4.98 Å². The summed E-state index contributed by atoms with van der Waals surface area (Å²) in [5, 5.41) is 14.1. The number of aliphatic hydroxyl groups excluding tert-OH is 1. The third-order valence-electron chi connectivity index (χ3n) is 6.35. The number of carbonyl (C=O) groups is 1. The molecule has 1 aliphatic heterocycles. The van der Waals surface area contributed by atoms with E-state index in [0.717, 1.165) is 19.3 Å². The van der Waals surface area contributed by atoms with Crippen molar-refractivity contribution in [3.05, 3.63) is 27.7 Å². The van der Waals surface area contributed by atoms with Crippen LogP contribution in [-0.4, -0.2) is 50.8 Å². The van der Waals surface area contributed by atoms with E-state index in [1.54, 1.807) is 17.7 Å². The number of aliphatic hydroxyl groups is 1. The summed E-state index contributed by atoms with van der Waals surface area (Å²) in [6.45, 7) is 6.19. The summed E-state index contributed by atoms with van der Waals surface area (Å²) < 4.78 is 6.99. The van der Waals surface area contributed by atoms with Crippen LogP contribution < -0.4 is 10.9 Å². The van der Waals surface area contributed by atoms with Gasteiger partial charge in [0.05, 0.1) is 24.3 Å². The van der Waals surface area contributed by atoms with Gasteiger partial charge in [0.2, 0.25) is 5.95 Å². The molecule has 1 saturated carbocycles. The lowest BCUT2D eigenvalue weighted by Crippen LogP contribution is -2.42. The van der Waals surface area contributed by atoms with Gasteiger partial charge in [0.1, 0.15) is 5.65 Å². The maximum Gasteiger partial charge on any atom is 0.263 e. The summed E-state index contributed by atoms with van der Waals surface area (Å²) in [6.07, 6.45) is 4.68. The zero-order chi connectivity index (χ0) is 20.7. The smallest absolute Gasteiger partial charge is 0.263 e. The van der Waals surface area contributed by atoms with Crippen LogP contribution in [0.3, 0.4) is 0 Å². The lowest BCUT2D eigenvalue weighted by Gasteiger charge is -2.28. The van der Waals surface area contributed by atoms with Gasteiger partial charge < -0.3 is 15.2 Å². The number of anilines is 1. The van der Waals surface area contributed by atoms with Crippen molar-refractivity contribution in [1.29, 1.82) is 0 Å². The van der Waals surface area contributed by atoms with Crippen LogP contribution in [0.25, 0.3) is 11.0 Å². The van der Waals surface area contributed by atoms with Crippen molar-refractivity contribution in [3.63, 3.8) is 0 Å². The Morgan fingerprint density at radius 1 is 1.34 bits per heavy atom. The molecule has 4 atom stereocenters. The molecule has 8 nitrogen and oxygen atoms in total. The number of carbonyl (C=O) groups excluding carboxylic acids is 1. The van der Waals surface area contributed by atoms with E-state index < -0.39 is 6.10 Å². The third-order valence-corrected chi connectivity index (χ3v) is 6.35. The fourth-order valence-electron chi connectivity index (χ4n) is 4.69. The second-order valence-corrected chi connectivity index (χ2v) is 8.32. The number of rotatable bonds is 4. The SMILES string of the molecule is CC(=O)c1c(C)c2cnc(N[C@H]3CCOC[C@@H]3O)nc2n([C@@H]2CCC[C@H]2C)c1=O. The lowest BCUT2D eigenvalue weighted by atomic mass is 10.0. The van der Waals surface area contributed by atoms with Gasteiger partial charge in [-0.15, -0.1) is 0 Å². The van der Waals surface area contributed by atoms with Crippen LogP contribution in [0.2, 0.25) is 0 Å². The molecule has 29 heavy (non-hydrogen) atoms. The molecule has 4 rings (SSSR count). The number of pyridine rings is 1. The van der Waals surface area contributed by atoms with E-state index in [4.69, 9.17) is 4.74 Å². The molecule has 156 valence electrons. The molecule has 2 aliphatic rings. The minimum absolute atomic E-state index is 0.0140. The second-order valence-electron chi connectivity index (χ2n) is 8.32. The van der Waals surface area contributed by atoms with Gasteiger partial charge >= 0.3 is 0 Å². The summed E-state index contributed by atoms with van der Waals surface area (Å²) >= 11 is 0. The molecule has 0 bridgehead atoms. The second kappa shape index (κ2) is 7.84.